The highest BCUT2D eigenvalue weighted by atomic mass is 35.5. The van der Waals surface area contributed by atoms with Gasteiger partial charge in [-0.25, -0.2) is 9.97 Å². The highest BCUT2D eigenvalue weighted by Gasteiger charge is 2.42. The van der Waals surface area contributed by atoms with Crippen LogP contribution in [0.5, 0.6) is 0 Å². The lowest BCUT2D eigenvalue weighted by Crippen LogP contribution is -2.35. The first-order valence-electron chi connectivity index (χ1n) is 9.61. The van der Waals surface area contributed by atoms with Crippen LogP contribution in [0.1, 0.15) is 41.2 Å². The summed E-state index contributed by atoms with van der Waals surface area (Å²) in [5.41, 5.74) is -0.422. The molecule has 31 heavy (non-hydrogen) atoms. The molecule has 0 fully saturated rings. The second kappa shape index (κ2) is 8.70. The lowest BCUT2D eigenvalue weighted by molar-refractivity contribution is -0.143. The largest absolute Gasteiger partial charge is 0.431 e. The molecule has 1 amide bonds. The Labute approximate surface area is 183 Å². The van der Waals surface area contributed by atoms with Crippen LogP contribution in [0.25, 0.3) is 11.4 Å². The third kappa shape index (κ3) is 4.58. The summed E-state index contributed by atoms with van der Waals surface area (Å²) in [6.45, 7) is 4.79. The smallest absolute Gasteiger partial charge is 0.338 e. The first-order valence-corrected chi connectivity index (χ1v) is 9.99. The molecule has 2 aromatic heterocycles. The highest BCUT2D eigenvalue weighted by Crippen LogP contribution is 2.41. The van der Waals surface area contributed by atoms with Crippen molar-refractivity contribution < 1.29 is 18.0 Å². The molecule has 0 aliphatic heterocycles. The quantitative estimate of drug-likeness (QED) is 0.519. The van der Waals surface area contributed by atoms with Gasteiger partial charge in [0.15, 0.2) is 5.82 Å². The minimum Gasteiger partial charge on any atom is -0.338 e. The Hall–Kier alpha value is -2.87. The number of carbonyl (C=O) groups excluding carboxylic acids is 1. The number of alkyl halides is 3. The van der Waals surface area contributed by atoms with E-state index in [1.807, 2.05) is 0 Å². The SMILES string of the molecule is Cc1c(-c2ncc(Cl)cn2)c(C(=O)N(C)C(C)C)n(Cc2ccccc2)c1C(F)(F)F. The van der Waals surface area contributed by atoms with Crippen LogP contribution in [0.2, 0.25) is 5.02 Å². The molecule has 0 radical (unpaired) electrons. The molecule has 9 heteroatoms. The molecule has 0 aliphatic carbocycles. The maximum Gasteiger partial charge on any atom is 0.431 e. The van der Waals surface area contributed by atoms with Crippen LogP contribution in [-0.4, -0.2) is 38.4 Å². The molecule has 164 valence electrons. The number of rotatable bonds is 5. The van der Waals surface area contributed by atoms with Crippen LogP contribution in [0, 0.1) is 6.92 Å². The van der Waals surface area contributed by atoms with Crippen LogP contribution in [0.4, 0.5) is 13.2 Å². The molecule has 0 bridgehead atoms. The monoisotopic (exact) mass is 450 g/mol. The Morgan fingerprint density at radius 1 is 1.16 bits per heavy atom. The van der Waals surface area contributed by atoms with Gasteiger partial charge in [0.05, 0.1) is 10.6 Å². The second-order valence-electron chi connectivity index (χ2n) is 7.50. The molecule has 3 aromatic rings. The number of aromatic nitrogens is 3. The van der Waals surface area contributed by atoms with E-state index in [0.717, 1.165) is 4.57 Å². The minimum atomic E-state index is -4.69. The molecule has 0 N–H and O–H groups in total. The maximum atomic E-state index is 14.2. The predicted octanol–water partition coefficient (Wildman–Crippen LogP) is 5.45. The van der Waals surface area contributed by atoms with Crippen molar-refractivity contribution in [3.8, 4) is 11.4 Å². The van der Waals surface area contributed by atoms with Crippen molar-refractivity contribution in [2.75, 3.05) is 7.05 Å². The summed E-state index contributed by atoms with van der Waals surface area (Å²) in [6.07, 6.45) is -2.09. The van der Waals surface area contributed by atoms with E-state index in [4.69, 9.17) is 11.6 Å². The van der Waals surface area contributed by atoms with Crippen molar-refractivity contribution in [2.45, 2.75) is 39.5 Å². The van der Waals surface area contributed by atoms with Gasteiger partial charge in [0.1, 0.15) is 11.4 Å². The molecule has 0 atom stereocenters. The number of halogens is 4. The van der Waals surface area contributed by atoms with Crippen LogP contribution < -0.4 is 0 Å². The lowest BCUT2D eigenvalue weighted by Gasteiger charge is -2.24. The van der Waals surface area contributed by atoms with E-state index in [1.165, 1.54) is 24.2 Å². The average Bonchev–Trinajstić information content (AvgIpc) is 3.00. The molecular weight excluding hydrogens is 429 g/mol. The van der Waals surface area contributed by atoms with Crippen LogP contribution in [-0.2, 0) is 12.7 Å². The van der Waals surface area contributed by atoms with Gasteiger partial charge in [-0.1, -0.05) is 41.9 Å². The zero-order chi connectivity index (χ0) is 22.9. The second-order valence-corrected chi connectivity index (χ2v) is 7.94. The lowest BCUT2D eigenvalue weighted by atomic mass is 10.1. The molecule has 0 spiro atoms. The number of hydrogen-bond acceptors (Lipinski definition) is 3. The molecule has 0 saturated heterocycles. The van der Waals surface area contributed by atoms with Crippen molar-refractivity contribution in [3.63, 3.8) is 0 Å². The Bertz CT molecular complexity index is 1080. The van der Waals surface area contributed by atoms with Crippen LogP contribution in [0.3, 0.4) is 0 Å². The molecule has 0 unspecified atom stereocenters. The summed E-state index contributed by atoms with van der Waals surface area (Å²) in [6, 6.07) is 8.47. The van der Waals surface area contributed by atoms with Crippen molar-refractivity contribution in [3.05, 3.63) is 70.3 Å². The van der Waals surface area contributed by atoms with E-state index in [0.29, 0.717) is 5.56 Å². The fourth-order valence-corrected chi connectivity index (χ4v) is 3.47. The molecule has 1 aromatic carbocycles. The van der Waals surface area contributed by atoms with E-state index < -0.39 is 17.8 Å². The van der Waals surface area contributed by atoms with Gasteiger partial charge in [-0.2, -0.15) is 13.2 Å². The Balaban J connectivity index is 2.36. The number of hydrogen-bond donors (Lipinski definition) is 0. The van der Waals surface area contributed by atoms with Crippen molar-refractivity contribution in [1.82, 2.24) is 19.4 Å². The van der Waals surface area contributed by atoms with Gasteiger partial charge in [0, 0.05) is 32.0 Å². The van der Waals surface area contributed by atoms with E-state index >= 15 is 0 Å². The fourth-order valence-electron chi connectivity index (χ4n) is 3.37. The third-order valence-corrected chi connectivity index (χ3v) is 5.30. The zero-order valence-electron chi connectivity index (χ0n) is 17.5. The van der Waals surface area contributed by atoms with Crippen LogP contribution in [0.15, 0.2) is 42.7 Å². The predicted molar refractivity (Wildman–Crippen MR) is 113 cm³/mol. The van der Waals surface area contributed by atoms with Gasteiger partial charge < -0.3 is 9.47 Å². The third-order valence-electron chi connectivity index (χ3n) is 5.10. The van der Waals surface area contributed by atoms with Gasteiger partial charge in [-0.05, 0) is 31.9 Å². The molecule has 0 saturated carbocycles. The summed E-state index contributed by atoms with van der Waals surface area (Å²) in [5.74, 6) is -0.530. The average molecular weight is 451 g/mol. The Morgan fingerprint density at radius 2 is 1.74 bits per heavy atom. The van der Waals surface area contributed by atoms with Crippen LogP contribution >= 0.6 is 11.6 Å². The van der Waals surface area contributed by atoms with E-state index in [1.54, 1.807) is 51.2 Å². The van der Waals surface area contributed by atoms with Gasteiger partial charge in [-0.15, -0.1) is 0 Å². The number of benzene rings is 1. The number of carbonyl (C=O) groups is 1. The normalized spacial score (nSPS) is 11.8. The summed E-state index contributed by atoms with van der Waals surface area (Å²) >= 11 is 5.86. The van der Waals surface area contributed by atoms with Gasteiger partial charge >= 0.3 is 6.18 Å². The minimum absolute atomic E-state index is 0.0136. The summed E-state index contributed by atoms with van der Waals surface area (Å²) in [5, 5.41) is 0.244. The summed E-state index contributed by atoms with van der Waals surface area (Å²) in [4.78, 5) is 23.0. The van der Waals surface area contributed by atoms with Gasteiger partial charge in [-0.3, -0.25) is 4.79 Å². The topological polar surface area (TPSA) is 51.0 Å². The maximum absolute atomic E-state index is 14.2. The molecule has 5 nitrogen and oxygen atoms in total. The highest BCUT2D eigenvalue weighted by molar-refractivity contribution is 6.30. The zero-order valence-corrected chi connectivity index (χ0v) is 18.3. The van der Waals surface area contributed by atoms with Gasteiger partial charge in [0.2, 0.25) is 0 Å². The van der Waals surface area contributed by atoms with E-state index in [9.17, 15) is 18.0 Å². The first-order chi connectivity index (χ1) is 14.5. The summed E-state index contributed by atoms with van der Waals surface area (Å²) in [7, 11) is 1.56. The van der Waals surface area contributed by atoms with Crippen molar-refractivity contribution in [2.24, 2.45) is 0 Å². The van der Waals surface area contributed by atoms with E-state index in [2.05, 4.69) is 9.97 Å². The van der Waals surface area contributed by atoms with Gasteiger partial charge in [0.25, 0.3) is 5.91 Å². The van der Waals surface area contributed by atoms with Crippen molar-refractivity contribution in [1.29, 1.82) is 0 Å². The van der Waals surface area contributed by atoms with Crippen molar-refractivity contribution >= 4 is 17.5 Å². The Morgan fingerprint density at radius 3 is 2.26 bits per heavy atom. The summed E-state index contributed by atoms with van der Waals surface area (Å²) < 4.78 is 43.6. The number of nitrogens with zero attached hydrogens (tertiary/aromatic N) is 4. The molecule has 2 heterocycles. The standard InChI is InChI=1S/C22H22ClF3N4O/c1-13(2)29(4)21(31)18-17(20-27-10-16(23)11-28-20)14(3)19(22(24,25)26)30(18)12-15-8-6-5-7-9-15/h5-11,13H,12H2,1-4H3. The molecule has 0 aliphatic rings. The first kappa shape index (κ1) is 22.8. The Kier molecular flexibility index (Phi) is 6.40. The fraction of sp³-hybridized carbons (Fsp3) is 0.318. The molecular formula is C22H22ClF3N4O. The molecule has 3 rings (SSSR count). The van der Waals surface area contributed by atoms with E-state index in [-0.39, 0.29) is 40.3 Å². The number of amides is 1.